The van der Waals surface area contributed by atoms with Crippen LogP contribution < -0.4 is 9.47 Å². The molecule has 0 aliphatic heterocycles. The van der Waals surface area contributed by atoms with Gasteiger partial charge in [0.15, 0.2) is 5.78 Å². The third-order valence-electron chi connectivity index (χ3n) is 2.56. The van der Waals surface area contributed by atoms with Crippen LogP contribution in [0.25, 0.3) is 0 Å². The highest BCUT2D eigenvalue weighted by Gasteiger charge is 2.14. The number of carbonyl (C=O) groups excluding carboxylic acids is 1. The summed E-state index contributed by atoms with van der Waals surface area (Å²) in [6.45, 7) is 1.48. The van der Waals surface area contributed by atoms with Crippen LogP contribution in [0.1, 0.15) is 17.3 Å². The van der Waals surface area contributed by atoms with Gasteiger partial charge in [0, 0.05) is 6.20 Å². The number of Topliss-reactive ketones (excluding diaryl/α,β-unsaturated/α-hetero) is 1. The highest BCUT2D eigenvalue weighted by atomic mass is 79.9. The summed E-state index contributed by atoms with van der Waals surface area (Å²) < 4.78 is 12.4. The molecular weight excluding hydrogens is 390 g/mol. The highest BCUT2D eigenvalue weighted by Crippen LogP contribution is 2.38. The van der Waals surface area contributed by atoms with E-state index >= 15 is 0 Å². The van der Waals surface area contributed by atoms with Crippen molar-refractivity contribution in [2.75, 3.05) is 7.11 Å². The van der Waals surface area contributed by atoms with Gasteiger partial charge < -0.3 is 9.47 Å². The largest absolute Gasteiger partial charge is 0.496 e. The molecule has 6 heteroatoms. The molecule has 0 atom stereocenters. The Morgan fingerprint density at radius 2 is 1.85 bits per heavy atom. The molecule has 0 bridgehead atoms. The number of ketones is 1. The zero-order valence-corrected chi connectivity index (χ0v) is 14.0. The number of ether oxygens (including phenoxy) is 2. The van der Waals surface area contributed by atoms with Crippen LogP contribution in [0.2, 0.25) is 0 Å². The van der Waals surface area contributed by atoms with Crippen LogP contribution in [0.15, 0.2) is 39.4 Å². The van der Waals surface area contributed by atoms with E-state index in [1.165, 1.54) is 6.92 Å². The monoisotopic (exact) mass is 399 g/mol. The second-order valence-electron chi connectivity index (χ2n) is 3.93. The topological polar surface area (TPSA) is 48.4 Å². The van der Waals surface area contributed by atoms with Crippen LogP contribution in [0.3, 0.4) is 0 Å². The molecule has 0 unspecified atom stereocenters. The van der Waals surface area contributed by atoms with Crippen LogP contribution >= 0.6 is 31.9 Å². The van der Waals surface area contributed by atoms with Crippen molar-refractivity contribution in [1.82, 2.24) is 4.98 Å². The van der Waals surface area contributed by atoms with Crippen molar-refractivity contribution in [3.05, 3.63) is 45.0 Å². The fraction of sp³-hybridized carbons (Fsp3) is 0.143. The number of methoxy groups -OCH3 is 1. The van der Waals surface area contributed by atoms with Crippen LogP contribution in [0.5, 0.6) is 17.4 Å². The third kappa shape index (κ3) is 3.19. The first-order valence-electron chi connectivity index (χ1n) is 5.69. The predicted octanol–water partition coefficient (Wildman–Crippen LogP) is 4.61. The number of pyridine rings is 1. The molecular formula is C14H11Br2NO3. The first-order valence-corrected chi connectivity index (χ1v) is 7.28. The summed E-state index contributed by atoms with van der Waals surface area (Å²) in [5.74, 6) is 1.39. The smallest absolute Gasteiger partial charge is 0.230 e. The summed E-state index contributed by atoms with van der Waals surface area (Å²) in [4.78, 5) is 15.6. The van der Waals surface area contributed by atoms with Gasteiger partial charge in [-0.25, -0.2) is 4.98 Å². The first kappa shape index (κ1) is 15.0. The van der Waals surface area contributed by atoms with Crippen molar-refractivity contribution in [3.8, 4) is 17.4 Å². The van der Waals surface area contributed by atoms with Gasteiger partial charge in [-0.3, -0.25) is 4.79 Å². The van der Waals surface area contributed by atoms with Crippen molar-refractivity contribution in [1.29, 1.82) is 0 Å². The SMILES string of the molecule is COc1cc(Br)c(Oc2ncccc2C(C)=O)cc1Br. The Morgan fingerprint density at radius 1 is 1.20 bits per heavy atom. The predicted molar refractivity (Wildman–Crippen MR) is 82.7 cm³/mol. The Hall–Kier alpha value is -1.40. The van der Waals surface area contributed by atoms with Gasteiger partial charge in [-0.05, 0) is 63.0 Å². The molecule has 2 aromatic rings. The zero-order valence-electron chi connectivity index (χ0n) is 10.8. The molecule has 0 amide bonds. The van der Waals surface area contributed by atoms with Gasteiger partial charge in [0.1, 0.15) is 11.5 Å². The maximum Gasteiger partial charge on any atom is 0.230 e. The van der Waals surface area contributed by atoms with Gasteiger partial charge >= 0.3 is 0 Å². The summed E-state index contributed by atoms with van der Waals surface area (Å²) in [6, 6.07) is 6.90. The van der Waals surface area contributed by atoms with Crippen molar-refractivity contribution in [2.45, 2.75) is 6.92 Å². The maximum atomic E-state index is 11.5. The van der Waals surface area contributed by atoms with Gasteiger partial charge in [0.05, 0.1) is 21.6 Å². The van der Waals surface area contributed by atoms with E-state index in [2.05, 4.69) is 36.8 Å². The lowest BCUT2D eigenvalue weighted by Gasteiger charge is -2.11. The average molecular weight is 401 g/mol. The Morgan fingerprint density at radius 3 is 2.50 bits per heavy atom. The molecule has 0 spiro atoms. The molecule has 20 heavy (non-hydrogen) atoms. The van der Waals surface area contributed by atoms with E-state index in [4.69, 9.17) is 9.47 Å². The molecule has 4 nitrogen and oxygen atoms in total. The Bertz CT molecular complexity index is 659. The van der Waals surface area contributed by atoms with E-state index in [0.717, 1.165) is 4.47 Å². The molecule has 1 aromatic heterocycles. The Labute approximate surface area is 133 Å². The number of carbonyl (C=O) groups is 1. The maximum absolute atomic E-state index is 11.5. The number of benzene rings is 1. The molecule has 0 radical (unpaired) electrons. The second-order valence-corrected chi connectivity index (χ2v) is 5.64. The minimum Gasteiger partial charge on any atom is -0.496 e. The third-order valence-corrected chi connectivity index (χ3v) is 3.80. The lowest BCUT2D eigenvalue weighted by molar-refractivity contribution is 0.101. The van der Waals surface area contributed by atoms with E-state index in [1.54, 1.807) is 37.6 Å². The van der Waals surface area contributed by atoms with Crippen LogP contribution in [-0.2, 0) is 0 Å². The van der Waals surface area contributed by atoms with E-state index in [0.29, 0.717) is 21.5 Å². The van der Waals surface area contributed by atoms with Crippen LogP contribution in [-0.4, -0.2) is 17.9 Å². The van der Waals surface area contributed by atoms with Crippen molar-refractivity contribution in [3.63, 3.8) is 0 Å². The Kier molecular flexibility index (Phi) is 4.77. The number of halogens is 2. The highest BCUT2D eigenvalue weighted by molar-refractivity contribution is 9.11. The number of hydrogen-bond donors (Lipinski definition) is 0. The van der Waals surface area contributed by atoms with E-state index in [9.17, 15) is 4.79 Å². The lowest BCUT2D eigenvalue weighted by Crippen LogP contribution is -1.99. The molecule has 0 saturated heterocycles. The summed E-state index contributed by atoms with van der Waals surface area (Å²) in [7, 11) is 1.58. The van der Waals surface area contributed by atoms with E-state index in [-0.39, 0.29) is 11.7 Å². The molecule has 0 aliphatic rings. The van der Waals surface area contributed by atoms with E-state index in [1.807, 2.05) is 0 Å². The van der Waals surface area contributed by atoms with Crippen molar-refractivity contribution in [2.24, 2.45) is 0 Å². The Balaban J connectivity index is 2.40. The number of rotatable bonds is 4. The van der Waals surface area contributed by atoms with Crippen molar-refractivity contribution >= 4 is 37.6 Å². The van der Waals surface area contributed by atoms with Gasteiger partial charge in [-0.15, -0.1) is 0 Å². The van der Waals surface area contributed by atoms with E-state index < -0.39 is 0 Å². The molecule has 1 aromatic carbocycles. The summed E-state index contributed by atoms with van der Waals surface area (Å²) in [5, 5.41) is 0. The number of nitrogens with zero attached hydrogens (tertiary/aromatic N) is 1. The molecule has 0 saturated carbocycles. The molecule has 1 heterocycles. The quantitative estimate of drug-likeness (QED) is 0.703. The molecule has 2 rings (SSSR count). The molecule has 0 N–H and O–H groups in total. The van der Waals surface area contributed by atoms with Gasteiger partial charge in [-0.2, -0.15) is 0 Å². The van der Waals surface area contributed by atoms with Gasteiger partial charge in [0.2, 0.25) is 5.88 Å². The summed E-state index contributed by atoms with van der Waals surface area (Å²) in [6.07, 6.45) is 1.58. The number of aromatic nitrogens is 1. The summed E-state index contributed by atoms with van der Waals surface area (Å²) in [5.41, 5.74) is 0.436. The summed E-state index contributed by atoms with van der Waals surface area (Å²) >= 11 is 6.79. The van der Waals surface area contributed by atoms with Crippen LogP contribution in [0.4, 0.5) is 0 Å². The minimum atomic E-state index is -0.100. The fourth-order valence-electron chi connectivity index (χ4n) is 1.59. The zero-order chi connectivity index (χ0) is 14.7. The van der Waals surface area contributed by atoms with Crippen molar-refractivity contribution < 1.29 is 14.3 Å². The molecule has 0 aliphatic carbocycles. The average Bonchev–Trinajstić information content (AvgIpc) is 2.42. The fourth-order valence-corrected chi connectivity index (χ4v) is 2.48. The van der Waals surface area contributed by atoms with Crippen LogP contribution in [0, 0.1) is 0 Å². The van der Waals surface area contributed by atoms with Gasteiger partial charge in [0.25, 0.3) is 0 Å². The minimum absolute atomic E-state index is 0.100. The van der Waals surface area contributed by atoms with Gasteiger partial charge in [-0.1, -0.05) is 0 Å². The number of hydrogen-bond acceptors (Lipinski definition) is 4. The molecule has 104 valence electrons. The standard InChI is InChI=1S/C14H11Br2NO3/c1-8(18)9-4-3-5-17-14(9)20-13-7-10(15)12(19-2)6-11(13)16/h3-7H,1-2H3. The molecule has 0 fully saturated rings. The lowest BCUT2D eigenvalue weighted by atomic mass is 10.2. The second kappa shape index (κ2) is 6.37. The normalized spacial score (nSPS) is 10.2. The first-order chi connectivity index (χ1) is 9.52.